The van der Waals surface area contributed by atoms with Crippen molar-refractivity contribution in [1.82, 2.24) is 5.32 Å². The first-order valence-electron chi connectivity index (χ1n) is 5.99. The maximum Gasteiger partial charge on any atom is 0.261 e. The van der Waals surface area contributed by atoms with Crippen LogP contribution in [0.4, 0.5) is 4.39 Å². The molecule has 102 valence electrons. The minimum absolute atomic E-state index is 0.00487. The molecule has 0 fully saturated rings. The van der Waals surface area contributed by atoms with E-state index in [1.54, 1.807) is 12.1 Å². The molecule has 0 aliphatic carbocycles. The molecule has 1 heterocycles. The van der Waals surface area contributed by atoms with Gasteiger partial charge in [0, 0.05) is 23.3 Å². The summed E-state index contributed by atoms with van der Waals surface area (Å²) < 4.78 is 14.0. The minimum atomic E-state index is -0.349. The fourth-order valence-electron chi connectivity index (χ4n) is 1.59. The van der Waals surface area contributed by atoms with Crippen LogP contribution in [0.2, 0.25) is 0 Å². The highest BCUT2D eigenvalue weighted by molar-refractivity contribution is 7.20. The summed E-state index contributed by atoms with van der Waals surface area (Å²) in [6, 6.07) is 6.16. The number of nitrogens with one attached hydrogen (secondary N) is 1. The summed E-state index contributed by atoms with van der Waals surface area (Å²) >= 11 is 1.33. The van der Waals surface area contributed by atoms with Crippen molar-refractivity contribution in [3.8, 4) is 0 Å². The Hall–Kier alpha value is -1.46. The standard InChI is InChI=1S/C14H16FNO2S/c1-14(2,8-17)7-16-13(18)12-6-9-5-10(15)3-4-11(9)19-12/h3-6,17H,7-8H2,1-2H3,(H,16,18). The third-order valence-electron chi connectivity index (χ3n) is 2.86. The summed E-state index contributed by atoms with van der Waals surface area (Å²) in [5, 5.41) is 12.6. The molecule has 0 spiro atoms. The molecular weight excluding hydrogens is 265 g/mol. The summed E-state index contributed by atoms with van der Waals surface area (Å²) in [4.78, 5) is 12.5. The molecule has 2 aromatic rings. The molecule has 1 aromatic heterocycles. The lowest BCUT2D eigenvalue weighted by Crippen LogP contribution is -2.35. The highest BCUT2D eigenvalue weighted by atomic mass is 32.1. The van der Waals surface area contributed by atoms with E-state index in [0.717, 1.165) is 10.1 Å². The third kappa shape index (κ3) is 3.30. The first-order valence-corrected chi connectivity index (χ1v) is 6.81. The molecule has 3 nitrogen and oxygen atoms in total. The van der Waals surface area contributed by atoms with Gasteiger partial charge >= 0.3 is 0 Å². The van der Waals surface area contributed by atoms with Gasteiger partial charge in [-0.1, -0.05) is 13.8 Å². The van der Waals surface area contributed by atoms with Crippen molar-refractivity contribution in [2.75, 3.05) is 13.2 Å². The van der Waals surface area contributed by atoms with Gasteiger partial charge in [-0.15, -0.1) is 11.3 Å². The van der Waals surface area contributed by atoms with Crippen LogP contribution in [0.15, 0.2) is 24.3 Å². The number of rotatable bonds is 4. The second kappa shape index (κ2) is 5.27. The first kappa shape index (κ1) is 14.0. The Labute approximate surface area is 115 Å². The van der Waals surface area contributed by atoms with E-state index in [1.807, 2.05) is 13.8 Å². The molecule has 5 heteroatoms. The Morgan fingerprint density at radius 3 is 2.84 bits per heavy atom. The van der Waals surface area contributed by atoms with Crippen LogP contribution in [0.5, 0.6) is 0 Å². The lowest BCUT2D eigenvalue weighted by molar-refractivity contribution is 0.0915. The number of thiophene rings is 1. The number of carbonyl (C=O) groups is 1. The summed E-state index contributed by atoms with van der Waals surface area (Å²) in [5.41, 5.74) is -0.349. The number of hydrogen-bond acceptors (Lipinski definition) is 3. The van der Waals surface area contributed by atoms with Gasteiger partial charge in [0.1, 0.15) is 5.82 Å². The van der Waals surface area contributed by atoms with Crippen molar-refractivity contribution < 1.29 is 14.3 Å². The zero-order valence-electron chi connectivity index (χ0n) is 10.9. The fourth-order valence-corrected chi connectivity index (χ4v) is 2.55. The summed E-state index contributed by atoms with van der Waals surface area (Å²) in [6.45, 7) is 4.14. The highest BCUT2D eigenvalue weighted by Gasteiger charge is 2.18. The van der Waals surface area contributed by atoms with Gasteiger partial charge in [-0.05, 0) is 29.7 Å². The average molecular weight is 281 g/mol. The van der Waals surface area contributed by atoms with Crippen LogP contribution < -0.4 is 5.32 Å². The number of aliphatic hydroxyl groups is 1. The highest BCUT2D eigenvalue weighted by Crippen LogP contribution is 2.26. The normalized spacial score (nSPS) is 11.8. The van der Waals surface area contributed by atoms with Crippen LogP contribution in [0.1, 0.15) is 23.5 Å². The summed E-state index contributed by atoms with van der Waals surface area (Å²) in [5.74, 6) is -0.498. The minimum Gasteiger partial charge on any atom is -0.396 e. The Morgan fingerprint density at radius 1 is 1.42 bits per heavy atom. The van der Waals surface area contributed by atoms with Gasteiger partial charge in [0.05, 0.1) is 4.88 Å². The van der Waals surface area contributed by atoms with E-state index >= 15 is 0 Å². The summed E-state index contributed by atoms with van der Waals surface area (Å²) in [6.07, 6.45) is 0. The van der Waals surface area contributed by atoms with E-state index in [4.69, 9.17) is 5.11 Å². The van der Waals surface area contributed by atoms with Crippen LogP contribution in [0.3, 0.4) is 0 Å². The van der Waals surface area contributed by atoms with Crippen LogP contribution >= 0.6 is 11.3 Å². The predicted octanol–water partition coefficient (Wildman–Crippen LogP) is 2.79. The fraction of sp³-hybridized carbons (Fsp3) is 0.357. The van der Waals surface area contributed by atoms with E-state index in [2.05, 4.69) is 5.32 Å². The van der Waals surface area contributed by atoms with Crippen LogP contribution in [0.25, 0.3) is 10.1 Å². The first-order chi connectivity index (χ1) is 8.91. The van der Waals surface area contributed by atoms with Gasteiger partial charge in [0.25, 0.3) is 5.91 Å². The van der Waals surface area contributed by atoms with Crippen LogP contribution in [0, 0.1) is 11.2 Å². The molecule has 0 atom stereocenters. The Morgan fingerprint density at radius 2 is 2.16 bits per heavy atom. The molecule has 0 saturated carbocycles. The lowest BCUT2D eigenvalue weighted by Gasteiger charge is -2.21. The molecule has 0 saturated heterocycles. The van der Waals surface area contributed by atoms with Crippen LogP contribution in [-0.4, -0.2) is 24.2 Å². The van der Waals surface area contributed by atoms with Crippen molar-refractivity contribution in [1.29, 1.82) is 0 Å². The van der Waals surface area contributed by atoms with Gasteiger partial charge in [0.15, 0.2) is 0 Å². The van der Waals surface area contributed by atoms with Crippen LogP contribution in [-0.2, 0) is 0 Å². The molecular formula is C14H16FNO2S. The SMILES string of the molecule is CC(C)(CO)CNC(=O)c1cc2cc(F)ccc2s1. The molecule has 2 rings (SSSR count). The molecule has 2 N–H and O–H groups in total. The molecule has 1 aromatic carbocycles. The topological polar surface area (TPSA) is 49.3 Å². The number of fused-ring (bicyclic) bond motifs is 1. The third-order valence-corrected chi connectivity index (χ3v) is 3.97. The van der Waals surface area contributed by atoms with E-state index < -0.39 is 0 Å². The van der Waals surface area contributed by atoms with Crippen molar-refractivity contribution >= 4 is 27.3 Å². The van der Waals surface area contributed by atoms with Gasteiger partial charge in [-0.25, -0.2) is 4.39 Å². The van der Waals surface area contributed by atoms with E-state index in [9.17, 15) is 9.18 Å². The Balaban J connectivity index is 2.13. The van der Waals surface area contributed by atoms with Gasteiger partial charge in [-0.3, -0.25) is 4.79 Å². The van der Waals surface area contributed by atoms with Gasteiger partial charge < -0.3 is 10.4 Å². The molecule has 1 amide bonds. The Bertz CT molecular complexity index is 607. The van der Waals surface area contributed by atoms with E-state index in [1.165, 1.54) is 23.5 Å². The molecule has 0 aliphatic rings. The maximum atomic E-state index is 13.1. The number of amides is 1. The van der Waals surface area contributed by atoms with E-state index in [-0.39, 0.29) is 23.7 Å². The zero-order chi connectivity index (χ0) is 14.0. The molecule has 0 unspecified atom stereocenters. The number of carbonyl (C=O) groups excluding carboxylic acids is 1. The molecule has 19 heavy (non-hydrogen) atoms. The van der Waals surface area contributed by atoms with E-state index in [0.29, 0.717) is 11.4 Å². The summed E-state index contributed by atoms with van der Waals surface area (Å²) in [7, 11) is 0. The quantitative estimate of drug-likeness (QED) is 0.905. The van der Waals surface area contributed by atoms with Crippen molar-refractivity contribution in [3.05, 3.63) is 35.0 Å². The molecule has 0 bridgehead atoms. The number of hydrogen-bond donors (Lipinski definition) is 2. The second-order valence-corrected chi connectivity index (χ2v) is 6.38. The molecule has 0 radical (unpaired) electrons. The number of halogens is 1. The lowest BCUT2D eigenvalue weighted by atomic mass is 9.95. The maximum absolute atomic E-state index is 13.1. The van der Waals surface area contributed by atoms with Gasteiger partial charge in [-0.2, -0.15) is 0 Å². The Kier molecular flexibility index (Phi) is 3.87. The smallest absolute Gasteiger partial charge is 0.261 e. The zero-order valence-corrected chi connectivity index (χ0v) is 11.7. The second-order valence-electron chi connectivity index (χ2n) is 5.30. The monoisotopic (exact) mass is 281 g/mol. The number of benzene rings is 1. The largest absolute Gasteiger partial charge is 0.396 e. The van der Waals surface area contributed by atoms with Crippen molar-refractivity contribution in [2.45, 2.75) is 13.8 Å². The predicted molar refractivity (Wildman–Crippen MR) is 75.0 cm³/mol. The molecule has 0 aliphatic heterocycles. The van der Waals surface area contributed by atoms with Crippen molar-refractivity contribution in [3.63, 3.8) is 0 Å². The number of aliphatic hydroxyl groups excluding tert-OH is 1. The van der Waals surface area contributed by atoms with Gasteiger partial charge in [0.2, 0.25) is 0 Å². The average Bonchev–Trinajstić information content (AvgIpc) is 2.79. The van der Waals surface area contributed by atoms with Crippen molar-refractivity contribution in [2.24, 2.45) is 5.41 Å².